The van der Waals surface area contributed by atoms with E-state index in [1.54, 1.807) is 12.1 Å². The molecule has 0 aliphatic carbocycles. The van der Waals surface area contributed by atoms with E-state index in [2.05, 4.69) is 12.2 Å². The maximum Gasteiger partial charge on any atom is 0.251 e. The summed E-state index contributed by atoms with van der Waals surface area (Å²) in [5.41, 5.74) is 0.370. The summed E-state index contributed by atoms with van der Waals surface area (Å²) in [6.07, 6.45) is 2.50. The summed E-state index contributed by atoms with van der Waals surface area (Å²) in [7, 11) is 1.49. The van der Waals surface area contributed by atoms with Gasteiger partial charge < -0.3 is 19.7 Å². The van der Waals surface area contributed by atoms with Crippen molar-refractivity contribution in [2.75, 3.05) is 33.4 Å². The van der Waals surface area contributed by atoms with Crippen LogP contribution in [0, 0.1) is 5.92 Å². The molecule has 2 amide bonds. The second-order valence-electron chi connectivity index (χ2n) is 6.52. The fourth-order valence-electron chi connectivity index (χ4n) is 3.09. The molecule has 0 spiro atoms. The van der Waals surface area contributed by atoms with Crippen molar-refractivity contribution in [2.45, 2.75) is 33.1 Å². The molecule has 1 aromatic carbocycles. The van der Waals surface area contributed by atoms with Crippen molar-refractivity contribution in [3.05, 3.63) is 22.7 Å². The van der Waals surface area contributed by atoms with Gasteiger partial charge >= 0.3 is 0 Å². The van der Waals surface area contributed by atoms with Crippen LogP contribution in [0.4, 0.5) is 0 Å². The molecule has 1 aromatic rings. The van der Waals surface area contributed by atoms with Crippen LogP contribution in [0.15, 0.2) is 12.1 Å². The van der Waals surface area contributed by atoms with Crippen LogP contribution in [0.25, 0.3) is 0 Å². The zero-order valence-corrected chi connectivity index (χ0v) is 16.4. The largest absolute Gasteiger partial charge is 0.493 e. The number of rotatable bonds is 7. The zero-order chi connectivity index (χ0) is 19.1. The second-order valence-corrected chi connectivity index (χ2v) is 6.92. The smallest absolute Gasteiger partial charge is 0.251 e. The molecular formula is C19H27ClN2O4. The van der Waals surface area contributed by atoms with Crippen molar-refractivity contribution in [1.82, 2.24) is 10.2 Å². The first-order chi connectivity index (χ1) is 12.5. The van der Waals surface area contributed by atoms with Crippen molar-refractivity contribution < 1.29 is 19.1 Å². The van der Waals surface area contributed by atoms with Gasteiger partial charge in [-0.3, -0.25) is 9.59 Å². The fraction of sp³-hybridized carbons (Fsp3) is 0.579. The van der Waals surface area contributed by atoms with Crippen molar-refractivity contribution in [3.8, 4) is 11.5 Å². The Kier molecular flexibility index (Phi) is 7.57. The van der Waals surface area contributed by atoms with Gasteiger partial charge in [-0.15, -0.1) is 0 Å². The molecule has 7 heteroatoms. The lowest BCUT2D eigenvalue weighted by Gasteiger charge is -2.31. The molecule has 1 aliphatic rings. The molecule has 1 aliphatic heterocycles. The SMILES string of the molecule is CCOc1c(Cl)cc(C(=O)NCCC(=O)N2CCCC(C)C2)cc1OC. The van der Waals surface area contributed by atoms with E-state index in [0.717, 1.165) is 19.5 Å². The fourth-order valence-corrected chi connectivity index (χ4v) is 3.36. The maximum atomic E-state index is 12.4. The van der Waals surface area contributed by atoms with Gasteiger partial charge in [0.25, 0.3) is 5.91 Å². The standard InChI is InChI=1S/C19H27ClN2O4/c1-4-26-18-15(20)10-14(11-16(18)25-3)19(24)21-8-7-17(23)22-9-5-6-13(2)12-22/h10-11,13H,4-9,12H2,1-3H3,(H,21,24). The summed E-state index contributed by atoms with van der Waals surface area (Å²) in [6.45, 7) is 6.34. The van der Waals surface area contributed by atoms with Gasteiger partial charge in [-0.2, -0.15) is 0 Å². The van der Waals surface area contributed by atoms with Crippen LogP contribution in [-0.2, 0) is 4.79 Å². The van der Waals surface area contributed by atoms with Crippen LogP contribution in [0.5, 0.6) is 11.5 Å². The Balaban J connectivity index is 1.91. The Morgan fingerprint density at radius 2 is 2.15 bits per heavy atom. The number of methoxy groups -OCH3 is 1. The first-order valence-corrected chi connectivity index (χ1v) is 9.40. The van der Waals surface area contributed by atoms with E-state index >= 15 is 0 Å². The molecule has 1 N–H and O–H groups in total. The number of likely N-dealkylation sites (tertiary alicyclic amines) is 1. The van der Waals surface area contributed by atoms with Crippen LogP contribution in [0.3, 0.4) is 0 Å². The molecule has 0 aromatic heterocycles. The first kappa shape index (κ1) is 20.4. The summed E-state index contributed by atoms with van der Waals surface area (Å²) in [5, 5.41) is 3.08. The molecular weight excluding hydrogens is 356 g/mol. The molecule has 2 rings (SSSR count). The van der Waals surface area contributed by atoms with Gasteiger partial charge in [-0.05, 0) is 37.8 Å². The lowest BCUT2D eigenvalue weighted by Crippen LogP contribution is -2.40. The molecule has 1 saturated heterocycles. The molecule has 1 fully saturated rings. The summed E-state index contributed by atoms with van der Waals surface area (Å²) in [5.74, 6) is 1.15. The topological polar surface area (TPSA) is 67.9 Å². The number of amides is 2. The second kappa shape index (κ2) is 9.67. The van der Waals surface area contributed by atoms with E-state index in [1.165, 1.54) is 13.5 Å². The highest BCUT2D eigenvalue weighted by molar-refractivity contribution is 6.32. The number of hydrogen-bond acceptors (Lipinski definition) is 4. The van der Waals surface area contributed by atoms with E-state index in [1.807, 2.05) is 11.8 Å². The van der Waals surface area contributed by atoms with Gasteiger partial charge in [-0.1, -0.05) is 18.5 Å². The normalized spacial score (nSPS) is 16.9. The van der Waals surface area contributed by atoms with Gasteiger partial charge in [0, 0.05) is 31.6 Å². The van der Waals surface area contributed by atoms with E-state index in [4.69, 9.17) is 21.1 Å². The quantitative estimate of drug-likeness (QED) is 0.786. The summed E-state index contributed by atoms with van der Waals surface area (Å²) in [6, 6.07) is 3.12. The van der Waals surface area contributed by atoms with E-state index in [0.29, 0.717) is 41.0 Å². The third-order valence-electron chi connectivity index (χ3n) is 4.41. The number of ether oxygens (including phenoxy) is 2. The molecule has 1 atom stereocenters. The number of piperidine rings is 1. The predicted molar refractivity (Wildman–Crippen MR) is 101 cm³/mol. The Bertz CT molecular complexity index is 651. The van der Waals surface area contributed by atoms with Crippen molar-refractivity contribution >= 4 is 23.4 Å². The molecule has 0 bridgehead atoms. The van der Waals surface area contributed by atoms with Crippen LogP contribution < -0.4 is 14.8 Å². The van der Waals surface area contributed by atoms with Crippen molar-refractivity contribution in [3.63, 3.8) is 0 Å². The van der Waals surface area contributed by atoms with Gasteiger partial charge in [-0.25, -0.2) is 0 Å². The third kappa shape index (κ3) is 5.27. The van der Waals surface area contributed by atoms with Crippen LogP contribution in [0.2, 0.25) is 5.02 Å². The highest BCUT2D eigenvalue weighted by Crippen LogP contribution is 2.36. The molecule has 1 unspecified atom stereocenters. The predicted octanol–water partition coefficient (Wildman–Crippen LogP) is 3.13. The summed E-state index contributed by atoms with van der Waals surface area (Å²) >= 11 is 6.19. The Morgan fingerprint density at radius 3 is 2.81 bits per heavy atom. The maximum absolute atomic E-state index is 12.4. The average Bonchev–Trinajstić information content (AvgIpc) is 2.63. The summed E-state index contributed by atoms with van der Waals surface area (Å²) < 4.78 is 10.7. The Labute approximate surface area is 159 Å². The van der Waals surface area contributed by atoms with Gasteiger partial charge in [0.1, 0.15) is 0 Å². The van der Waals surface area contributed by atoms with Crippen molar-refractivity contribution in [1.29, 1.82) is 0 Å². The number of halogens is 1. The highest BCUT2D eigenvalue weighted by Gasteiger charge is 2.21. The molecule has 1 heterocycles. The number of benzene rings is 1. The Hall–Kier alpha value is -1.95. The molecule has 6 nitrogen and oxygen atoms in total. The Morgan fingerprint density at radius 1 is 1.38 bits per heavy atom. The van der Waals surface area contributed by atoms with Crippen molar-refractivity contribution in [2.24, 2.45) is 5.92 Å². The minimum absolute atomic E-state index is 0.0826. The average molecular weight is 383 g/mol. The lowest BCUT2D eigenvalue weighted by molar-refractivity contribution is -0.132. The van der Waals surface area contributed by atoms with Gasteiger partial charge in [0.2, 0.25) is 5.91 Å². The monoisotopic (exact) mass is 382 g/mol. The number of nitrogens with one attached hydrogen (secondary N) is 1. The molecule has 26 heavy (non-hydrogen) atoms. The number of hydrogen-bond donors (Lipinski definition) is 1. The summed E-state index contributed by atoms with van der Waals surface area (Å²) in [4.78, 5) is 26.5. The van der Waals surface area contributed by atoms with E-state index in [9.17, 15) is 9.59 Å². The van der Waals surface area contributed by atoms with Gasteiger partial charge in [0.05, 0.1) is 18.7 Å². The lowest BCUT2D eigenvalue weighted by atomic mass is 10.00. The van der Waals surface area contributed by atoms with Gasteiger partial charge in [0.15, 0.2) is 11.5 Å². The van der Waals surface area contributed by atoms with Crippen LogP contribution >= 0.6 is 11.6 Å². The highest BCUT2D eigenvalue weighted by atomic mass is 35.5. The first-order valence-electron chi connectivity index (χ1n) is 9.02. The zero-order valence-electron chi connectivity index (χ0n) is 15.6. The molecule has 144 valence electrons. The molecule has 0 saturated carbocycles. The minimum Gasteiger partial charge on any atom is -0.493 e. The van der Waals surface area contributed by atoms with Crippen LogP contribution in [-0.4, -0.2) is 50.1 Å². The van der Waals surface area contributed by atoms with Crippen LogP contribution in [0.1, 0.15) is 43.5 Å². The third-order valence-corrected chi connectivity index (χ3v) is 4.70. The number of carbonyl (C=O) groups excluding carboxylic acids is 2. The number of nitrogens with zero attached hydrogens (tertiary/aromatic N) is 1. The van der Waals surface area contributed by atoms with E-state index in [-0.39, 0.29) is 18.4 Å². The molecule has 0 radical (unpaired) electrons. The minimum atomic E-state index is -0.298. The number of carbonyl (C=O) groups is 2. The van der Waals surface area contributed by atoms with E-state index < -0.39 is 0 Å².